The molecule has 2 heterocycles. The van der Waals surface area contributed by atoms with Crippen molar-refractivity contribution in [2.24, 2.45) is 0 Å². The molecule has 2 aromatic carbocycles. The van der Waals surface area contributed by atoms with Gasteiger partial charge in [-0.3, -0.25) is 4.90 Å². The van der Waals surface area contributed by atoms with Gasteiger partial charge in [0.2, 0.25) is 0 Å². The lowest BCUT2D eigenvalue weighted by molar-refractivity contribution is 0.267. The van der Waals surface area contributed by atoms with E-state index in [4.69, 9.17) is 4.74 Å². The van der Waals surface area contributed by atoms with Gasteiger partial charge < -0.3 is 9.30 Å². The molecule has 0 spiro atoms. The molecule has 0 bridgehead atoms. The predicted octanol–water partition coefficient (Wildman–Crippen LogP) is 3.15. The Balaban J connectivity index is 1.52. The SMILES string of the molecule is COc1ccc(F)c(CN2CCc3nnc(-c4ccccc4)n3CC2)c1. The molecular weight excluding hydrogens is 331 g/mol. The molecule has 3 aromatic rings. The Morgan fingerprint density at radius 1 is 1.04 bits per heavy atom. The summed E-state index contributed by atoms with van der Waals surface area (Å²) in [7, 11) is 1.60. The molecule has 0 aliphatic carbocycles. The summed E-state index contributed by atoms with van der Waals surface area (Å²) in [6.07, 6.45) is 0.797. The smallest absolute Gasteiger partial charge is 0.164 e. The Morgan fingerprint density at radius 3 is 2.69 bits per heavy atom. The van der Waals surface area contributed by atoms with E-state index in [1.807, 2.05) is 30.3 Å². The van der Waals surface area contributed by atoms with Crippen LogP contribution in [0.1, 0.15) is 11.4 Å². The minimum absolute atomic E-state index is 0.195. The second-order valence-corrected chi connectivity index (χ2v) is 6.44. The van der Waals surface area contributed by atoms with Crippen molar-refractivity contribution in [1.29, 1.82) is 0 Å². The number of hydrogen-bond acceptors (Lipinski definition) is 4. The van der Waals surface area contributed by atoms with E-state index in [1.165, 1.54) is 6.07 Å². The molecule has 0 fully saturated rings. The third-order valence-corrected chi connectivity index (χ3v) is 4.80. The van der Waals surface area contributed by atoms with Gasteiger partial charge in [0.05, 0.1) is 7.11 Å². The van der Waals surface area contributed by atoms with E-state index in [9.17, 15) is 4.39 Å². The van der Waals surface area contributed by atoms with Crippen LogP contribution in [0.3, 0.4) is 0 Å². The number of benzene rings is 2. The van der Waals surface area contributed by atoms with Crippen molar-refractivity contribution in [3.8, 4) is 17.1 Å². The number of fused-ring (bicyclic) bond motifs is 1. The zero-order valence-corrected chi connectivity index (χ0v) is 14.7. The second-order valence-electron chi connectivity index (χ2n) is 6.44. The van der Waals surface area contributed by atoms with Crippen LogP contribution in [-0.4, -0.2) is 39.9 Å². The normalized spacial score (nSPS) is 14.7. The van der Waals surface area contributed by atoms with Gasteiger partial charge in [-0.15, -0.1) is 10.2 Å². The van der Waals surface area contributed by atoms with Crippen LogP contribution in [0.15, 0.2) is 48.5 Å². The number of aromatic nitrogens is 3. The summed E-state index contributed by atoms with van der Waals surface area (Å²) in [6.45, 7) is 2.99. The summed E-state index contributed by atoms with van der Waals surface area (Å²) in [6, 6.07) is 15.0. The van der Waals surface area contributed by atoms with Crippen LogP contribution >= 0.6 is 0 Å². The van der Waals surface area contributed by atoms with E-state index in [2.05, 4.69) is 19.7 Å². The van der Waals surface area contributed by atoms with Crippen LogP contribution in [0.4, 0.5) is 4.39 Å². The summed E-state index contributed by atoms with van der Waals surface area (Å²) in [5, 5.41) is 8.75. The van der Waals surface area contributed by atoms with E-state index in [0.29, 0.717) is 17.9 Å². The van der Waals surface area contributed by atoms with Gasteiger partial charge in [-0.25, -0.2) is 4.39 Å². The largest absolute Gasteiger partial charge is 0.497 e. The van der Waals surface area contributed by atoms with E-state index < -0.39 is 0 Å². The highest BCUT2D eigenvalue weighted by molar-refractivity contribution is 5.55. The van der Waals surface area contributed by atoms with Crippen molar-refractivity contribution in [2.45, 2.75) is 19.5 Å². The zero-order valence-electron chi connectivity index (χ0n) is 14.7. The summed E-state index contributed by atoms with van der Waals surface area (Å²) < 4.78 is 21.5. The minimum atomic E-state index is -0.195. The molecular formula is C20H21FN4O. The molecule has 0 radical (unpaired) electrons. The van der Waals surface area contributed by atoms with Gasteiger partial charge in [0, 0.05) is 43.7 Å². The molecule has 1 aliphatic rings. The number of halogens is 1. The topological polar surface area (TPSA) is 43.2 Å². The molecule has 26 heavy (non-hydrogen) atoms. The highest BCUT2D eigenvalue weighted by atomic mass is 19.1. The third-order valence-electron chi connectivity index (χ3n) is 4.80. The van der Waals surface area contributed by atoms with Crippen LogP contribution in [0.25, 0.3) is 11.4 Å². The predicted molar refractivity (Wildman–Crippen MR) is 97.4 cm³/mol. The van der Waals surface area contributed by atoms with Crippen LogP contribution in [0.2, 0.25) is 0 Å². The van der Waals surface area contributed by atoms with Crippen molar-refractivity contribution in [1.82, 2.24) is 19.7 Å². The fourth-order valence-corrected chi connectivity index (χ4v) is 3.37. The molecule has 0 N–H and O–H groups in total. The number of nitrogens with zero attached hydrogens (tertiary/aromatic N) is 4. The molecule has 4 rings (SSSR count). The van der Waals surface area contributed by atoms with Crippen molar-refractivity contribution in [3.05, 3.63) is 65.7 Å². The lowest BCUT2D eigenvalue weighted by Gasteiger charge is -2.20. The van der Waals surface area contributed by atoms with E-state index in [-0.39, 0.29) is 5.82 Å². The molecule has 0 amide bonds. The highest BCUT2D eigenvalue weighted by Gasteiger charge is 2.20. The number of rotatable bonds is 4. The first-order valence-electron chi connectivity index (χ1n) is 8.77. The van der Waals surface area contributed by atoms with Crippen LogP contribution < -0.4 is 4.74 Å². The maximum Gasteiger partial charge on any atom is 0.164 e. The molecule has 0 unspecified atom stereocenters. The standard InChI is InChI=1S/C20H21FN4O/c1-26-17-7-8-18(21)16(13-17)14-24-10-9-19-22-23-20(25(19)12-11-24)15-5-3-2-4-6-15/h2-8,13H,9-12,14H2,1H3. The lowest BCUT2D eigenvalue weighted by atomic mass is 10.2. The Kier molecular flexibility index (Phi) is 4.67. The molecule has 5 nitrogen and oxygen atoms in total. The van der Waals surface area contributed by atoms with Gasteiger partial charge >= 0.3 is 0 Å². The van der Waals surface area contributed by atoms with E-state index >= 15 is 0 Å². The fourth-order valence-electron chi connectivity index (χ4n) is 3.37. The maximum absolute atomic E-state index is 14.1. The highest BCUT2D eigenvalue weighted by Crippen LogP contribution is 2.22. The Bertz CT molecular complexity index is 894. The number of ether oxygens (including phenoxy) is 1. The van der Waals surface area contributed by atoms with Crippen molar-refractivity contribution in [3.63, 3.8) is 0 Å². The average Bonchev–Trinajstić information content (AvgIpc) is 2.99. The van der Waals surface area contributed by atoms with Gasteiger partial charge in [-0.2, -0.15) is 0 Å². The van der Waals surface area contributed by atoms with Crippen molar-refractivity contribution >= 4 is 0 Å². The molecule has 1 aliphatic heterocycles. The van der Waals surface area contributed by atoms with Crippen LogP contribution in [0, 0.1) is 5.82 Å². The van der Waals surface area contributed by atoms with Gasteiger partial charge in [0.1, 0.15) is 17.4 Å². The van der Waals surface area contributed by atoms with Gasteiger partial charge in [-0.1, -0.05) is 30.3 Å². The molecule has 6 heteroatoms. The van der Waals surface area contributed by atoms with Crippen LogP contribution in [0.5, 0.6) is 5.75 Å². The molecule has 0 atom stereocenters. The Hall–Kier alpha value is -2.73. The summed E-state index contributed by atoms with van der Waals surface area (Å²) in [5.41, 5.74) is 1.73. The summed E-state index contributed by atoms with van der Waals surface area (Å²) >= 11 is 0. The fraction of sp³-hybridized carbons (Fsp3) is 0.300. The van der Waals surface area contributed by atoms with Gasteiger partial charge in [0.25, 0.3) is 0 Å². The Labute approximate surface area is 152 Å². The average molecular weight is 352 g/mol. The lowest BCUT2D eigenvalue weighted by Crippen LogP contribution is -2.27. The van der Waals surface area contributed by atoms with Crippen molar-refractivity contribution in [2.75, 3.05) is 20.2 Å². The van der Waals surface area contributed by atoms with Crippen LogP contribution in [-0.2, 0) is 19.5 Å². The quantitative estimate of drug-likeness (QED) is 0.723. The zero-order chi connectivity index (χ0) is 17.9. The summed E-state index contributed by atoms with van der Waals surface area (Å²) in [4.78, 5) is 2.25. The van der Waals surface area contributed by atoms with E-state index in [1.54, 1.807) is 19.2 Å². The third kappa shape index (κ3) is 3.32. The van der Waals surface area contributed by atoms with Gasteiger partial charge in [0.15, 0.2) is 5.82 Å². The molecule has 1 aromatic heterocycles. The number of methoxy groups -OCH3 is 1. The minimum Gasteiger partial charge on any atom is -0.497 e. The first-order valence-corrected chi connectivity index (χ1v) is 8.77. The number of hydrogen-bond donors (Lipinski definition) is 0. The first kappa shape index (κ1) is 16.7. The monoisotopic (exact) mass is 352 g/mol. The summed E-state index contributed by atoms with van der Waals surface area (Å²) in [5.74, 6) is 2.37. The Morgan fingerprint density at radius 2 is 1.88 bits per heavy atom. The maximum atomic E-state index is 14.1. The van der Waals surface area contributed by atoms with E-state index in [0.717, 1.165) is 43.3 Å². The molecule has 0 saturated heterocycles. The molecule has 134 valence electrons. The second kappa shape index (κ2) is 7.25. The molecule has 0 saturated carbocycles. The van der Waals surface area contributed by atoms with Gasteiger partial charge in [-0.05, 0) is 18.2 Å². The van der Waals surface area contributed by atoms with Crippen molar-refractivity contribution < 1.29 is 9.13 Å². The first-order chi connectivity index (χ1) is 12.7.